The van der Waals surface area contributed by atoms with Crippen LogP contribution in [0, 0.1) is 12.7 Å². The smallest absolute Gasteiger partial charge is 0.335 e. The van der Waals surface area contributed by atoms with E-state index in [1.807, 2.05) is 0 Å². The van der Waals surface area contributed by atoms with Crippen LogP contribution in [0.5, 0.6) is 0 Å². The summed E-state index contributed by atoms with van der Waals surface area (Å²) in [4.78, 5) is 10.4. The Morgan fingerprint density at radius 3 is 2.53 bits per heavy atom. The minimum atomic E-state index is -2.03. The molecule has 1 aromatic rings. The van der Waals surface area contributed by atoms with Gasteiger partial charge in [0.1, 0.15) is 11.9 Å². The molecule has 2 atom stereocenters. The fourth-order valence-corrected chi connectivity index (χ4v) is 1.20. The number of carbonyl (C=O) groups is 1. The number of hydrogen-bond donors (Lipinski definition) is 3. The van der Waals surface area contributed by atoms with Crippen LogP contribution in [0.25, 0.3) is 0 Å². The van der Waals surface area contributed by atoms with Gasteiger partial charge < -0.3 is 15.3 Å². The molecule has 82 valence electrons. The van der Waals surface area contributed by atoms with Gasteiger partial charge in [-0.15, -0.1) is 0 Å². The number of benzene rings is 1. The highest BCUT2D eigenvalue weighted by Gasteiger charge is 2.27. The lowest BCUT2D eigenvalue weighted by atomic mass is 10.0. The molecule has 0 aliphatic rings. The van der Waals surface area contributed by atoms with Crippen LogP contribution in [0.4, 0.5) is 4.39 Å². The first-order valence-corrected chi connectivity index (χ1v) is 4.29. The van der Waals surface area contributed by atoms with E-state index in [0.717, 1.165) is 0 Å². The Balaban J connectivity index is 3.06. The monoisotopic (exact) mass is 214 g/mol. The zero-order valence-electron chi connectivity index (χ0n) is 8.01. The third kappa shape index (κ3) is 2.31. The Kier molecular flexibility index (Phi) is 3.39. The zero-order chi connectivity index (χ0) is 11.6. The highest BCUT2D eigenvalue weighted by atomic mass is 19.1. The van der Waals surface area contributed by atoms with Gasteiger partial charge in [0.15, 0.2) is 6.10 Å². The van der Waals surface area contributed by atoms with Gasteiger partial charge in [-0.3, -0.25) is 0 Å². The molecule has 0 aliphatic heterocycles. The summed E-state index contributed by atoms with van der Waals surface area (Å²) in [5.41, 5.74) is 0.0639. The molecule has 0 amide bonds. The third-order valence-corrected chi connectivity index (χ3v) is 2.09. The number of aliphatic hydroxyl groups excluding tert-OH is 2. The van der Waals surface area contributed by atoms with Crippen LogP contribution in [0.3, 0.4) is 0 Å². The van der Waals surface area contributed by atoms with E-state index < -0.39 is 24.0 Å². The zero-order valence-corrected chi connectivity index (χ0v) is 8.01. The largest absolute Gasteiger partial charge is 0.479 e. The molecule has 3 N–H and O–H groups in total. The topological polar surface area (TPSA) is 77.8 Å². The van der Waals surface area contributed by atoms with Gasteiger partial charge in [-0.25, -0.2) is 9.18 Å². The molecule has 4 nitrogen and oxygen atoms in total. The highest BCUT2D eigenvalue weighted by Crippen LogP contribution is 2.22. The average Bonchev–Trinajstić information content (AvgIpc) is 2.20. The van der Waals surface area contributed by atoms with Crippen molar-refractivity contribution in [3.05, 3.63) is 35.1 Å². The lowest BCUT2D eigenvalue weighted by Crippen LogP contribution is -2.28. The number of aryl methyl sites for hydroxylation is 1. The van der Waals surface area contributed by atoms with Crippen molar-refractivity contribution in [2.24, 2.45) is 0 Å². The Morgan fingerprint density at radius 1 is 1.40 bits per heavy atom. The van der Waals surface area contributed by atoms with Gasteiger partial charge in [-0.1, -0.05) is 18.2 Å². The molecule has 2 unspecified atom stereocenters. The minimum absolute atomic E-state index is 0.218. The van der Waals surface area contributed by atoms with E-state index in [0.29, 0.717) is 0 Å². The van der Waals surface area contributed by atoms with Gasteiger partial charge in [0.25, 0.3) is 0 Å². The van der Waals surface area contributed by atoms with Gasteiger partial charge in [0, 0.05) is 5.56 Å². The molecule has 0 aliphatic carbocycles. The maximum Gasteiger partial charge on any atom is 0.335 e. The van der Waals surface area contributed by atoms with Crippen molar-refractivity contribution in [2.45, 2.75) is 19.1 Å². The van der Waals surface area contributed by atoms with Crippen molar-refractivity contribution in [3.8, 4) is 0 Å². The predicted octanol–water partition coefficient (Wildman–Crippen LogP) is 0.613. The lowest BCUT2D eigenvalue weighted by molar-refractivity contribution is -0.153. The number of hydrogen-bond acceptors (Lipinski definition) is 3. The van der Waals surface area contributed by atoms with Crippen molar-refractivity contribution in [1.82, 2.24) is 0 Å². The lowest BCUT2D eigenvalue weighted by Gasteiger charge is -2.15. The maximum absolute atomic E-state index is 13.4. The summed E-state index contributed by atoms with van der Waals surface area (Å²) in [5.74, 6) is -2.30. The van der Waals surface area contributed by atoms with E-state index in [2.05, 4.69) is 0 Å². The summed E-state index contributed by atoms with van der Waals surface area (Å²) in [6.45, 7) is 1.48. The number of halogens is 1. The molecule has 0 fully saturated rings. The van der Waals surface area contributed by atoms with Gasteiger partial charge in [-0.2, -0.15) is 0 Å². The molecular formula is C10H11FO4. The second kappa shape index (κ2) is 4.37. The van der Waals surface area contributed by atoms with E-state index in [1.165, 1.54) is 25.1 Å². The molecule has 0 spiro atoms. The van der Waals surface area contributed by atoms with Crippen molar-refractivity contribution < 1.29 is 24.5 Å². The van der Waals surface area contributed by atoms with Crippen molar-refractivity contribution >= 4 is 5.97 Å². The standard InChI is InChI=1S/C10H11FO4/c1-5-3-2-4-6(7(5)11)8(12)9(13)10(14)15/h2-4,8-9,12-13H,1H3,(H,14,15). The van der Waals surface area contributed by atoms with Gasteiger partial charge >= 0.3 is 5.97 Å². The SMILES string of the molecule is Cc1cccc(C(O)C(O)C(=O)O)c1F. The average molecular weight is 214 g/mol. The Bertz CT molecular complexity index is 378. The van der Waals surface area contributed by atoms with Gasteiger partial charge in [0.2, 0.25) is 0 Å². The minimum Gasteiger partial charge on any atom is -0.479 e. The van der Waals surface area contributed by atoms with Crippen molar-refractivity contribution in [2.75, 3.05) is 0 Å². The molecule has 15 heavy (non-hydrogen) atoms. The summed E-state index contributed by atoms with van der Waals surface area (Å²) in [6.07, 6.45) is -3.79. The number of carboxylic acid groups (broad SMARTS) is 1. The third-order valence-electron chi connectivity index (χ3n) is 2.09. The second-order valence-corrected chi connectivity index (χ2v) is 3.21. The fourth-order valence-electron chi connectivity index (χ4n) is 1.20. The van der Waals surface area contributed by atoms with Gasteiger partial charge in [-0.05, 0) is 12.5 Å². The van der Waals surface area contributed by atoms with E-state index in [9.17, 15) is 14.3 Å². The maximum atomic E-state index is 13.4. The molecule has 0 radical (unpaired) electrons. The molecule has 0 saturated carbocycles. The number of aliphatic hydroxyl groups is 2. The van der Waals surface area contributed by atoms with E-state index in [-0.39, 0.29) is 11.1 Å². The van der Waals surface area contributed by atoms with E-state index in [4.69, 9.17) is 10.2 Å². The van der Waals surface area contributed by atoms with Crippen LogP contribution in [0.1, 0.15) is 17.2 Å². The number of aliphatic carboxylic acids is 1. The summed E-state index contributed by atoms with van der Waals surface area (Å²) in [5, 5.41) is 26.9. The van der Waals surface area contributed by atoms with Crippen LogP contribution in [0.2, 0.25) is 0 Å². The first-order chi connectivity index (χ1) is 6.95. The van der Waals surface area contributed by atoms with Crippen LogP contribution < -0.4 is 0 Å². The van der Waals surface area contributed by atoms with Gasteiger partial charge in [0.05, 0.1) is 0 Å². The molecule has 0 heterocycles. The summed E-state index contributed by atoms with van der Waals surface area (Å²) in [6, 6.07) is 4.20. The quantitative estimate of drug-likeness (QED) is 0.689. The second-order valence-electron chi connectivity index (χ2n) is 3.21. The molecule has 1 rings (SSSR count). The van der Waals surface area contributed by atoms with Crippen LogP contribution >= 0.6 is 0 Å². The molecule has 0 aromatic heterocycles. The molecule has 1 aromatic carbocycles. The highest BCUT2D eigenvalue weighted by molar-refractivity contribution is 5.73. The fraction of sp³-hybridized carbons (Fsp3) is 0.300. The van der Waals surface area contributed by atoms with E-state index in [1.54, 1.807) is 0 Å². The molecular weight excluding hydrogens is 203 g/mol. The molecule has 0 saturated heterocycles. The van der Waals surface area contributed by atoms with Crippen LogP contribution in [0.15, 0.2) is 18.2 Å². The molecule has 0 bridgehead atoms. The number of rotatable bonds is 3. The van der Waals surface area contributed by atoms with Crippen molar-refractivity contribution in [1.29, 1.82) is 0 Å². The predicted molar refractivity (Wildman–Crippen MR) is 49.7 cm³/mol. The van der Waals surface area contributed by atoms with Crippen LogP contribution in [-0.2, 0) is 4.79 Å². The van der Waals surface area contributed by atoms with Crippen molar-refractivity contribution in [3.63, 3.8) is 0 Å². The normalized spacial score (nSPS) is 14.7. The summed E-state index contributed by atoms with van der Waals surface area (Å²) < 4.78 is 13.4. The first-order valence-electron chi connectivity index (χ1n) is 4.29. The Labute approximate surface area is 85.6 Å². The Hall–Kier alpha value is -1.46. The summed E-state index contributed by atoms with van der Waals surface area (Å²) >= 11 is 0. The first kappa shape index (κ1) is 11.6. The molecule has 5 heteroatoms. The van der Waals surface area contributed by atoms with Crippen LogP contribution in [-0.4, -0.2) is 27.4 Å². The van der Waals surface area contributed by atoms with E-state index >= 15 is 0 Å². The number of carboxylic acids is 1. The summed E-state index contributed by atoms with van der Waals surface area (Å²) in [7, 11) is 0. The Morgan fingerprint density at radius 2 is 2.00 bits per heavy atom.